The van der Waals surface area contributed by atoms with Crippen molar-refractivity contribution in [1.29, 1.82) is 0 Å². The van der Waals surface area contributed by atoms with Crippen LogP contribution in [0, 0.1) is 0 Å². The van der Waals surface area contributed by atoms with Gasteiger partial charge in [0.05, 0.1) is 0 Å². The third-order valence-electron chi connectivity index (χ3n) is 2.32. The number of hydrogen-bond donors (Lipinski definition) is 2. The van der Waals surface area contributed by atoms with E-state index in [1.54, 1.807) is 13.2 Å². The number of nitrogens with zero attached hydrogens (tertiary/aromatic N) is 3. The molecule has 0 aliphatic carbocycles. The summed E-state index contributed by atoms with van der Waals surface area (Å²) >= 11 is 1.21. The van der Waals surface area contributed by atoms with Crippen LogP contribution < -0.4 is 16.4 Å². The Morgan fingerprint density at radius 3 is 2.84 bits per heavy atom. The molecular formula is C11H13N5O2S. The van der Waals surface area contributed by atoms with Crippen molar-refractivity contribution in [2.24, 2.45) is 7.05 Å². The molecule has 0 amide bonds. The Bertz CT molecular complexity index is 677. The molecule has 8 heteroatoms. The smallest absolute Gasteiger partial charge is 0.316 e. The van der Waals surface area contributed by atoms with E-state index in [0.29, 0.717) is 10.2 Å². The van der Waals surface area contributed by atoms with Crippen molar-refractivity contribution < 1.29 is 0 Å². The van der Waals surface area contributed by atoms with E-state index in [1.807, 2.05) is 19.2 Å². The lowest BCUT2D eigenvalue weighted by Crippen LogP contribution is -2.33. The Kier molecular flexibility index (Phi) is 4.13. The lowest BCUT2D eigenvalue weighted by atomic mass is 10.3. The predicted molar refractivity (Wildman–Crippen MR) is 71.2 cm³/mol. The summed E-state index contributed by atoms with van der Waals surface area (Å²) in [5.74, 6) is 0. The highest BCUT2D eigenvalue weighted by atomic mass is 32.2. The van der Waals surface area contributed by atoms with Crippen LogP contribution in [0.4, 0.5) is 0 Å². The maximum Gasteiger partial charge on any atom is 0.339 e. The molecule has 2 aromatic heterocycles. The zero-order chi connectivity index (χ0) is 13.8. The van der Waals surface area contributed by atoms with Crippen LogP contribution in [0.3, 0.4) is 0 Å². The molecule has 2 aromatic rings. The molecule has 0 radical (unpaired) electrons. The monoisotopic (exact) mass is 279 g/mol. The number of hydrogen-bond acceptors (Lipinski definition) is 6. The topological polar surface area (TPSA) is 92.7 Å². The Morgan fingerprint density at radius 1 is 1.42 bits per heavy atom. The number of aryl methyl sites for hydroxylation is 1. The average molecular weight is 279 g/mol. The second-order valence-electron chi connectivity index (χ2n) is 3.84. The van der Waals surface area contributed by atoms with Crippen LogP contribution in [-0.4, -0.2) is 26.8 Å². The van der Waals surface area contributed by atoms with Crippen molar-refractivity contribution in [3.05, 3.63) is 44.6 Å². The van der Waals surface area contributed by atoms with Gasteiger partial charge in [-0.2, -0.15) is 4.98 Å². The fourth-order valence-corrected chi connectivity index (χ4v) is 2.17. The van der Waals surface area contributed by atoms with Gasteiger partial charge in [-0.05, 0) is 30.4 Å². The summed E-state index contributed by atoms with van der Waals surface area (Å²) in [4.78, 5) is 30.3. The third kappa shape index (κ3) is 3.30. The second-order valence-corrected chi connectivity index (χ2v) is 4.82. The molecule has 2 rings (SSSR count). The van der Waals surface area contributed by atoms with Gasteiger partial charge in [-0.3, -0.25) is 19.4 Å². The van der Waals surface area contributed by atoms with E-state index in [4.69, 9.17) is 0 Å². The molecule has 2 N–H and O–H groups in total. The summed E-state index contributed by atoms with van der Waals surface area (Å²) in [5, 5.41) is 6.51. The van der Waals surface area contributed by atoms with E-state index < -0.39 is 11.1 Å². The highest BCUT2D eigenvalue weighted by Gasteiger charge is 2.06. The maximum absolute atomic E-state index is 11.2. The van der Waals surface area contributed by atoms with Crippen molar-refractivity contribution in [3.8, 4) is 0 Å². The van der Waals surface area contributed by atoms with Gasteiger partial charge in [-0.15, -0.1) is 0 Å². The van der Waals surface area contributed by atoms with Gasteiger partial charge in [0, 0.05) is 19.8 Å². The van der Waals surface area contributed by atoms with Gasteiger partial charge >= 0.3 is 11.1 Å². The molecule has 100 valence electrons. The van der Waals surface area contributed by atoms with Crippen LogP contribution in [-0.2, 0) is 13.6 Å². The summed E-state index contributed by atoms with van der Waals surface area (Å²) in [6.07, 6.45) is 1.75. The van der Waals surface area contributed by atoms with Crippen LogP contribution in [0.5, 0.6) is 0 Å². The molecule has 0 aliphatic rings. The minimum absolute atomic E-state index is 0.387. The van der Waals surface area contributed by atoms with E-state index in [-0.39, 0.29) is 0 Å². The molecule has 7 nitrogen and oxygen atoms in total. The van der Waals surface area contributed by atoms with Crippen LogP contribution in [0.2, 0.25) is 0 Å². The van der Waals surface area contributed by atoms with Crippen molar-refractivity contribution >= 4 is 11.8 Å². The Morgan fingerprint density at radius 2 is 2.21 bits per heavy atom. The molecule has 2 heterocycles. The summed E-state index contributed by atoms with van der Waals surface area (Å²) < 4.78 is 1.40. The highest BCUT2D eigenvalue weighted by molar-refractivity contribution is 7.99. The first-order chi connectivity index (χ1) is 9.10. The zero-order valence-corrected chi connectivity index (χ0v) is 11.3. The lowest BCUT2D eigenvalue weighted by molar-refractivity contribution is 0.596. The van der Waals surface area contributed by atoms with Gasteiger partial charge in [-0.25, -0.2) is 4.98 Å². The predicted octanol–water partition coefficient (Wildman–Crippen LogP) is -0.266. The molecule has 0 atom stereocenters. The third-order valence-corrected chi connectivity index (χ3v) is 3.32. The number of nitrogens with one attached hydrogen (secondary N) is 2. The van der Waals surface area contributed by atoms with Gasteiger partial charge in [0.1, 0.15) is 5.03 Å². The fourth-order valence-electron chi connectivity index (χ4n) is 1.43. The van der Waals surface area contributed by atoms with E-state index in [2.05, 4.69) is 20.4 Å². The van der Waals surface area contributed by atoms with E-state index in [0.717, 1.165) is 12.1 Å². The first-order valence-electron chi connectivity index (χ1n) is 5.55. The van der Waals surface area contributed by atoms with Crippen molar-refractivity contribution in [2.45, 2.75) is 16.7 Å². The van der Waals surface area contributed by atoms with Crippen molar-refractivity contribution in [3.63, 3.8) is 0 Å². The minimum atomic E-state index is -0.799. The van der Waals surface area contributed by atoms with E-state index in [9.17, 15) is 9.59 Å². The summed E-state index contributed by atoms with van der Waals surface area (Å²) in [6, 6.07) is 3.78. The normalized spacial score (nSPS) is 10.6. The number of pyridine rings is 1. The van der Waals surface area contributed by atoms with Crippen molar-refractivity contribution in [2.75, 3.05) is 7.05 Å². The summed E-state index contributed by atoms with van der Waals surface area (Å²) in [7, 11) is 3.48. The van der Waals surface area contributed by atoms with Gasteiger partial charge < -0.3 is 5.32 Å². The standard InChI is InChI=1S/C11H13N5O2S/c1-12-5-7-3-4-8(13-6-7)19-11-14-9(17)10(18)15-16(11)2/h3-4,6,12H,5H2,1-2H3,(H,15,18). The lowest BCUT2D eigenvalue weighted by Gasteiger charge is -2.05. The van der Waals surface area contributed by atoms with Gasteiger partial charge in [0.15, 0.2) is 5.16 Å². The first-order valence-corrected chi connectivity index (χ1v) is 6.36. The molecule has 19 heavy (non-hydrogen) atoms. The fraction of sp³-hybridized carbons (Fsp3) is 0.273. The summed E-state index contributed by atoms with van der Waals surface area (Å²) in [6.45, 7) is 0.743. The molecule has 0 unspecified atom stereocenters. The van der Waals surface area contributed by atoms with Crippen molar-refractivity contribution in [1.82, 2.24) is 25.1 Å². The Hall–Kier alpha value is -1.93. The highest BCUT2D eigenvalue weighted by Crippen LogP contribution is 2.21. The molecule has 0 saturated carbocycles. The summed E-state index contributed by atoms with van der Waals surface area (Å²) in [5.41, 5.74) is -0.466. The van der Waals surface area contributed by atoms with Gasteiger partial charge in [0.25, 0.3) is 0 Å². The number of H-pyrrole nitrogens is 1. The Balaban J connectivity index is 2.23. The minimum Gasteiger partial charge on any atom is -0.316 e. The van der Waals surface area contributed by atoms with Crippen LogP contribution in [0.15, 0.2) is 38.1 Å². The second kappa shape index (κ2) is 5.81. The average Bonchev–Trinajstić information content (AvgIpc) is 2.38. The SMILES string of the molecule is CNCc1ccc(Sc2nc(=O)c(=O)[nH]n2C)nc1. The molecule has 0 aromatic carbocycles. The molecule has 0 saturated heterocycles. The molecule has 0 bridgehead atoms. The number of rotatable bonds is 4. The van der Waals surface area contributed by atoms with Crippen LogP contribution in [0.1, 0.15) is 5.56 Å². The Labute approximate surface area is 113 Å². The molecular weight excluding hydrogens is 266 g/mol. The molecule has 0 fully saturated rings. The van der Waals surface area contributed by atoms with E-state index in [1.165, 1.54) is 16.4 Å². The number of aromatic nitrogens is 4. The number of aromatic amines is 1. The van der Waals surface area contributed by atoms with Crippen LogP contribution in [0.25, 0.3) is 0 Å². The van der Waals surface area contributed by atoms with Gasteiger partial charge in [0.2, 0.25) is 0 Å². The quantitative estimate of drug-likeness (QED) is 0.749. The maximum atomic E-state index is 11.2. The zero-order valence-electron chi connectivity index (χ0n) is 10.5. The van der Waals surface area contributed by atoms with E-state index >= 15 is 0 Å². The molecule has 0 aliphatic heterocycles. The largest absolute Gasteiger partial charge is 0.339 e. The van der Waals surface area contributed by atoms with Crippen LogP contribution >= 0.6 is 11.8 Å². The van der Waals surface area contributed by atoms with Gasteiger partial charge in [-0.1, -0.05) is 6.07 Å². The first kappa shape index (κ1) is 13.5. The molecule has 0 spiro atoms.